The number of para-hydroxylation sites is 1. The Morgan fingerprint density at radius 1 is 1.08 bits per heavy atom. The normalized spacial score (nSPS) is 15.7. The third kappa shape index (κ3) is 5.14. The van der Waals surface area contributed by atoms with E-state index in [0.717, 1.165) is 42.1 Å². The molecule has 0 atom stereocenters. The number of rotatable bonds is 6. The van der Waals surface area contributed by atoms with Crippen molar-refractivity contribution in [2.75, 3.05) is 49.6 Å². The lowest BCUT2D eigenvalue weighted by Crippen LogP contribution is -2.46. The van der Waals surface area contributed by atoms with Crippen molar-refractivity contribution >= 4 is 29.4 Å². The Kier molecular flexibility index (Phi) is 7.42. The van der Waals surface area contributed by atoms with Crippen LogP contribution in [0, 0.1) is 18.6 Å². The maximum atomic E-state index is 15.0. The molecule has 0 bridgehead atoms. The molecule has 0 saturated carbocycles. The Bertz CT molecular complexity index is 1400. The van der Waals surface area contributed by atoms with Crippen molar-refractivity contribution in [1.29, 1.82) is 0 Å². The van der Waals surface area contributed by atoms with Crippen LogP contribution >= 0.6 is 0 Å². The van der Waals surface area contributed by atoms with E-state index in [1.165, 1.54) is 6.07 Å². The lowest BCUT2D eigenvalue weighted by molar-refractivity contribution is 0.0953. The molecule has 2 aliphatic heterocycles. The molecule has 0 spiro atoms. The van der Waals surface area contributed by atoms with Gasteiger partial charge in [-0.3, -0.25) is 4.79 Å². The number of amides is 3. The minimum absolute atomic E-state index is 0.0603. The fourth-order valence-corrected chi connectivity index (χ4v) is 4.79. The van der Waals surface area contributed by atoms with Crippen LogP contribution < -0.4 is 20.4 Å². The predicted octanol–water partition coefficient (Wildman–Crippen LogP) is 3.98. The van der Waals surface area contributed by atoms with E-state index >= 15 is 0 Å². The number of piperazine rings is 1. The first-order chi connectivity index (χ1) is 18.8. The summed E-state index contributed by atoms with van der Waals surface area (Å²) in [7, 11) is 2.03. The minimum atomic E-state index is -0.884. The number of aromatic nitrogens is 2. The number of likely N-dealkylation sites (N-methyl/N-ethyl adjacent to an activating group) is 1. The lowest BCUT2D eigenvalue weighted by atomic mass is 9.97. The van der Waals surface area contributed by atoms with Gasteiger partial charge in [0.2, 0.25) is 5.95 Å². The molecule has 3 amide bonds. The summed E-state index contributed by atoms with van der Waals surface area (Å²) in [6.07, 6.45) is 0.806. The van der Waals surface area contributed by atoms with Gasteiger partial charge in [-0.25, -0.2) is 23.5 Å². The van der Waals surface area contributed by atoms with Crippen molar-refractivity contribution in [3.63, 3.8) is 0 Å². The molecule has 0 radical (unpaired) electrons. The molecule has 0 unspecified atom stereocenters. The second kappa shape index (κ2) is 10.9. The summed E-state index contributed by atoms with van der Waals surface area (Å²) in [5, 5.41) is 5.61. The van der Waals surface area contributed by atoms with Crippen molar-refractivity contribution in [3.05, 3.63) is 64.7 Å². The molecule has 2 N–H and O–H groups in total. The van der Waals surface area contributed by atoms with Crippen molar-refractivity contribution in [3.8, 4) is 11.3 Å². The first kappa shape index (κ1) is 26.5. The number of carbonyl (C=O) groups is 2. The molecule has 2 aliphatic rings. The van der Waals surface area contributed by atoms with E-state index in [4.69, 9.17) is 9.97 Å². The maximum Gasteiger partial charge on any atom is 0.328 e. The first-order valence-corrected chi connectivity index (χ1v) is 13.0. The molecular weight excluding hydrogens is 504 g/mol. The van der Waals surface area contributed by atoms with Gasteiger partial charge < -0.3 is 20.4 Å². The molecule has 1 fully saturated rings. The second-order valence-corrected chi connectivity index (χ2v) is 9.81. The molecular formula is C28H31F2N7O2. The summed E-state index contributed by atoms with van der Waals surface area (Å²) in [5.74, 6) is -1.51. The third-order valence-electron chi connectivity index (χ3n) is 7.04. The number of nitrogens with one attached hydrogen (secondary N) is 2. The van der Waals surface area contributed by atoms with Crippen LogP contribution in [0.15, 0.2) is 36.4 Å². The van der Waals surface area contributed by atoms with Gasteiger partial charge >= 0.3 is 6.03 Å². The van der Waals surface area contributed by atoms with Crippen LogP contribution in [0.25, 0.3) is 11.3 Å². The fourth-order valence-electron chi connectivity index (χ4n) is 4.79. The van der Waals surface area contributed by atoms with E-state index < -0.39 is 23.4 Å². The molecule has 1 aromatic heterocycles. The molecule has 3 heterocycles. The smallest absolute Gasteiger partial charge is 0.328 e. The zero-order valence-electron chi connectivity index (χ0n) is 22.2. The van der Waals surface area contributed by atoms with Crippen LogP contribution in [-0.2, 0) is 6.54 Å². The molecule has 0 aliphatic carbocycles. The molecule has 11 heteroatoms. The van der Waals surface area contributed by atoms with Crippen molar-refractivity contribution in [2.24, 2.45) is 0 Å². The minimum Gasteiger partial charge on any atom is -0.352 e. The Labute approximate surface area is 225 Å². The van der Waals surface area contributed by atoms with E-state index in [1.807, 2.05) is 31.9 Å². The van der Waals surface area contributed by atoms with Crippen LogP contribution in [0.5, 0.6) is 0 Å². The van der Waals surface area contributed by atoms with Crippen molar-refractivity contribution < 1.29 is 18.4 Å². The molecule has 9 nitrogen and oxygen atoms in total. The second-order valence-electron chi connectivity index (χ2n) is 9.81. The highest BCUT2D eigenvalue weighted by atomic mass is 19.1. The number of benzene rings is 2. The monoisotopic (exact) mass is 535 g/mol. The van der Waals surface area contributed by atoms with Crippen LogP contribution in [0.2, 0.25) is 0 Å². The SMILES string of the molecule is CCCNC(=O)c1ccc(C)c(-c2nc(N3CCN(C)CC3)nc3c2CNC(=O)N3c2c(F)cccc2F)c1. The molecule has 3 aromatic rings. The average Bonchev–Trinajstić information content (AvgIpc) is 2.92. The van der Waals surface area contributed by atoms with Gasteiger partial charge in [-0.05, 0) is 50.2 Å². The Morgan fingerprint density at radius 2 is 1.79 bits per heavy atom. The molecule has 39 heavy (non-hydrogen) atoms. The van der Waals surface area contributed by atoms with Gasteiger partial charge in [0.05, 0.1) is 12.2 Å². The van der Waals surface area contributed by atoms with Gasteiger partial charge in [0.1, 0.15) is 17.3 Å². The van der Waals surface area contributed by atoms with Gasteiger partial charge in [0.25, 0.3) is 5.91 Å². The fraction of sp³-hybridized carbons (Fsp3) is 0.357. The predicted molar refractivity (Wildman–Crippen MR) is 145 cm³/mol. The number of hydrogen-bond acceptors (Lipinski definition) is 6. The van der Waals surface area contributed by atoms with Gasteiger partial charge in [-0.2, -0.15) is 4.98 Å². The van der Waals surface area contributed by atoms with Crippen LogP contribution in [-0.4, -0.2) is 66.6 Å². The van der Waals surface area contributed by atoms with Crippen LogP contribution in [0.4, 0.5) is 31.0 Å². The molecule has 204 valence electrons. The number of nitrogens with zero attached hydrogens (tertiary/aromatic N) is 5. The topological polar surface area (TPSA) is 93.7 Å². The number of halogens is 2. The highest BCUT2D eigenvalue weighted by molar-refractivity contribution is 6.02. The molecule has 2 aromatic carbocycles. The summed E-state index contributed by atoms with van der Waals surface area (Å²) in [5.41, 5.74) is 2.50. The average molecular weight is 536 g/mol. The highest BCUT2D eigenvalue weighted by Gasteiger charge is 2.35. The standard InChI is InChI=1S/C28H31F2N7O2/c1-4-10-31-26(38)18-9-8-17(2)19(15-18)23-20-16-32-28(39)37(24-21(29)6-5-7-22(24)30)25(20)34-27(33-23)36-13-11-35(3)12-14-36/h5-9,15H,4,10-14,16H2,1-3H3,(H,31,38)(H,32,39). The van der Waals surface area contributed by atoms with E-state index in [0.29, 0.717) is 48.0 Å². The van der Waals surface area contributed by atoms with Gasteiger partial charge in [-0.15, -0.1) is 0 Å². The number of urea groups is 1. The molecule has 1 saturated heterocycles. The van der Waals surface area contributed by atoms with Crippen molar-refractivity contribution in [1.82, 2.24) is 25.5 Å². The third-order valence-corrected chi connectivity index (χ3v) is 7.04. The van der Waals surface area contributed by atoms with E-state index in [2.05, 4.69) is 15.5 Å². The number of hydrogen-bond donors (Lipinski definition) is 2. The Balaban J connectivity index is 1.71. The zero-order valence-corrected chi connectivity index (χ0v) is 22.2. The number of fused-ring (bicyclic) bond motifs is 1. The maximum absolute atomic E-state index is 15.0. The number of aryl methyl sites for hydroxylation is 1. The number of carbonyl (C=O) groups excluding carboxylic acids is 2. The molecule has 5 rings (SSSR count). The van der Waals surface area contributed by atoms with E-state index in [-0.39, 0.29) is 18.3 Å². The summed E-state index contributed by atoms with van der Waals surface area (Å²) in [6.45, 7) is 7.36. The highest BCUT2D eigenvalue weighted by Crippen LogP contribution is 2.39. The largest absolute Gasteiger partial charge is 0.352 e. The summed E-state index contributed by atoms with van der Waals surface area (Å²) in [4.78, 5) is 40.7. The van der Waals surface area contributed by atoms with Gasteiger partial charge in [0.15, 0.2) is 5.82 Å². The van der Waals surface area contributed by atoms with Crippen LogP contribution in [0.1, 0.15) is 34.8 Å². The van der Waals surface area contributed by atoms with Crippen LogP contribution in [0.3, 0.4) is 0 Å². The van der Waals surface area contributed by atoms with Gasteiger partial charge in [-0.1, -0.05) is 19.1 Å². The Morgan fingerprint density at radius 3 is 2.49 bits per heavy atom. The van der Waals surface area contributed by atoms with E-state index in [9.17, 15) is 18.4 Å². The number of anilines is 3. The van der Waals surface area contributed by atoms with E-state index in [1.54, 1.807) is 12.1 Å². The quantitative estimate of drug-likeness (QED) is 0.496. The summed E-state index contributed by atoms with van der Waals surface area (Å²) in [6, 6.07) is 8.12. The summed E-state index contributed by atoms with van der Waals surface area (Å²) >= 11 is 0. The lowest BCUT2D eigenvalue weighted by Gasteiger charge is -2.35. The van der Waals surface area contributed by atoms with Gasteiger partial charge in [0, 0.05) is 49.4 Å². The van der Waals surface area contributed by atoms with Crippen molar-refractivity contribution in [2.45, 2.75) is 26.8 Å². The zero-order chi connectivity index (χ0) is 27.7. The Hall–Kier alpha value is -4.12. The first-order valence-electron chi connectivity index (χ1n) is 13.0. The summed E-state index contributed by atoms with van der Waals surface area (Å²) < 4.78 is 29.9.